The van der Waals surface area contributed by atoms with E-state index in [1.807, 2.05) is 0 Å². The highest BCUT2D eigenvalue weighted by Crippen LogP contribution is 2.32. The molecule has 0 fully saturated rings. The molecule has 0 amide bonds. The first-order valence-electron chi connectivity index (χ1n) is 7.28. The van der Waals surface area contributed by atoms with Gasteiger partial charge in [0.1, 0.15) is 11.2 Å². The van der Waals surface area contributed by atoms with Crippen LogP contribution in [0.1, 0.15) is 23.8 Å². The first-order chi connectivity index (χ1) is 11.1. The van der Waals surface area contributed by atoms with E-state index in [9.17, 15) is 14.9 Å². The Morgan fingerprint density at radius 3 is 2.87 bits per heavy atom. The van der Waals surface area contributed by atoms with E-state index in [2.05, 4.69) is 10.3 Å². The summed E-state index contributed by atoms with van der Waals surface area (Å²) in [5.74, 6) is -0.539. The standard InChI is InChI=1S/C15H19N3O5/c1-3-23-15(19)12-9-10-11(16-7-4-8-22-2)5-6-13(18(20)21)14(10)17-12/h5-6,9,16-17H,3-4,7-8H2,1-2H3. The topological polar surface area (TPSA) is 106 Å². The number of nitro benzene ring substituents is 1. The van der Waals surface area contributed by atoms with Gasteiger partial charge in [0.05, 0.1) is 11.5 Å². The van der Waals surface area contributed by atoms with Gasteiger partial charge in [0.25, 0.3) is 5.69 Å². The van der Waals surface area contributed by atoms with Crippen LogP contribution in [0.15, 0.2) is 18.2 Å². The number of hydrogen-bond acceptors (Lipinski definition) is 6. The Morgan fingerprint density at radius 2 is 2.22 bits per heavy atom. The number of nitrogens with one attached hydrogen (secondary N) is 2. The monoisotopic (exact) mass is 321 g/mol. The smallest absolute Gasteiger partial charge is 0.354 e. The van der Waals surface area contributed by atoms with Gasteiger partial charge in [0.2, 0.25) is 0 Å². The molecule has 0 atom stereocenters. The first-order valence-corrected chi connectivity index (χ1v) is 7.28. The SMILES string of the molecule is CCOC(=O)c1cc2c(NCCCOC)ccc([N+](=O)[O-])c2[nH]1. The molecule has 8 nitrogen and oxygen atoms in total. The van der Waals surface area contributed by atoms with Crippen molar-refractivity contribution < 1.29 is 19.2 Å². The Morgan fingerprint density at radius 1 is 1.43 bits per heavy atom. The third kappa shape index (κ3) is 3.78. The fraction of sp³-hybridized carbons (Fsp3) is 0.400. The normalized spacial score (nSPS) is 10.7. The number of carbonyl (C=O) groups excluding carboxylic acids is 1. The second-order valence-corrected chi connectivity index (χ2v) is 4.85. The van der Waals surface area contributed by atoms with Crippen LogP contribution in [0.25, 0.3) is 10.9 Å². The van der Waals surface area contributed by atoms with Crippen LogP contribution in [0.4, 0.5) is 11.4 Å². The minimum Gasteiger partial charge on any atom is -0.461 e. The zero-order valence-electron chi connectivity index (χ0n) is 13.0. The lowest BCUT2D eigenvalue weighted by Gasteiger charge is -2.07. The van der Waals surface area contributed by atoms with Gasteiger partial charge in [0.15, 0.2) is 0 Å². The second-order valence-electron chi connectivity index (χ2n) is 4.85. The van der Waals surface area contributed by atoms with Gasteiger partial charge in [0, 0.05) is 37.4 Å². The van der Waals surface area contributed by atoms with E-state index in [1.165, 1.54) is 6.07 Å². The van der Waals surface area contributed by atoms with Crippen LogP contribution in [-0.2, 0) is 9.47 Å². The number of rotatable bonds is 8. The van der Waals surface area contributed by atoms with E-state index < -0.39 is 10.9 Å². The van der Waals surface area contributed by atoms with Gasteiger partial charge >= 0.3 is 5.97 Å². The Hall–Kier alpha value is -2.61. The van der Waals surface area contributed by atoms with Crippen molar-refractivity contribution in [2.24, 2.45) is 0 Å². The molecule has 2 aromatic rings. The Kier molecular flexibility index (Phi) is 5.53. The van der Waals surface area contributed by atoms with Crippen LogP contribution in [0.2, 0.25) is 0 Å². The highest BCUT2D eigenvalue weighted by atomic mass is 16.6. The average molecular weight is 321 g/mol. The molecule has 23 heavy (non-hydrogen) atoms. The number of hydrogen-bond donors (Lipinski definition) is 2. The quantitative estimate of drug-likeness (QED) is 0.335. The van der Waals surface area contributed by atoms with Gasteiger partial charge in [-0.15, -0.1) is 0 Å². The van der Waals surface area contributed by atoms with Crippen molar-refractivity contribution in [2.75, 3.05) is 32.2 Å². The van der Waals surface area contributed by atoms with Crippen LogP contribution in [0.3, 0.4) is 0 Å². The Bertz CT molecular complexity index is 710. The maximum atomic E-state index is 11.8. The predicted molar refractivity (Wildman–Crippen MR) is 85.9 cm³/mol. The maximum absolute atomic E-state index is 11.8. The van der Waals surface area contributed by atoms with Gasteiger partial charge in [-0.3, -0.25) is 10.1 Å². The van der Waals surface area contributed by atoms with E-state index in [1.54, 1.807) is 26.2 Å². The molecule has 0 aliphatic carbocycles. The van der Waals surface area contributed by atoms with Crippen LogP contribution in [0.5, 0.6) is 0 Å². The van der Waals surface area contributed by atoms with E-state index in [4.69, 9.17) is 9.47 Å². The molecule has 0 aliphatic rings. The van der Waals surface area contributed by atoms with Gasteiger partial charge < -0.3 is 19.8 Å². The zero-order valence-corrected chi connectivity index (χ0v) is 13.0. The number of H-pyrrole nitrogens is 1. The van der Waals surface area contributed by atoms with Crippen molar-refractivity contribution in [2.45, 2.75) is 13.3 Å². The fourth-order valence-electron chi connectivity index (χ4n) is 2.27. The number of nitrogens with zero attached hydrogens (tertiary/aromatic N) is 1. The van der Waals surface area contributed by atoms with Gasteiger partial charge in [-0.2, -0.15) is 0 Å². The average Bonchev–Trinajstić information content (AvgIpc) is 2.96. The van der Waals surface area contributed by atoms with E-state index in [-0.39, 0.29) is 18.0 Å². The molecule has 2 rings (SSSR count). The molecular formula is C15H19N3O5. The molecule has 0 bridgehead atoms. The highest BCUT2D eigenvalue weighted by molar-refractivity contribution is 6.03. The minimum atomic E-state index is -0.539. The molecule has 0 unspecified atom stereocenters. The van der Waals surface area contributed by atoms with Crippen molar-refractivity contribution in [3.05, 3.63) is 34.0 Å². The lowest BCUT2D eigenvalue weighted by atomic mass is 10.2. The largest absolute Gasteiger partial charge is 0.461 e. The van der Waals surface area contributed by atoms with Crippen LogP contribution in [0, 0.1) is 10.1 Å². The molecule has 1 aromatic heterocycles. The summed E-state index contributed by atoms with van der Waals surface area (Å²) >= 11 is 0. The van der Waals surface area contributed by atoms with Crippen LogP contribution < -0.4 is 5.32 Å². The maximum Gasteiger partial charge on any atom is 0.354 e. The van der Waals surface area contributed by atoms with Crippen molar-refractivity contribution in [1.82, 2.24) is 4.98 Å². The van der Waals surface area contributed by atoms with Gasteiger partial charge in [-0.25, -0.2) is 4.79 Å². The molecule has 124 valence electrons. The fourth-order valence-corrected chi connectivity index (χ4v) is 2.27. The minimum absolute atomic E-state index is 0.0852. The molecule has 1 aromatic carbocycles. The van der Waals surface area contributed by atoms with Crippen molar-refractivity contribution in [1.29, 1.82) is 0 Å². The summed E-state index contributed by atoms with van der Waals surface area (Å²) in [6, 6.07) is 4.61. The Labute approximate surface area is 132 Å². The molecule has 0 spiro atoms. The number of nitro groups is 1. The van der Waals surface area contributed by atoms with Crippen LogP contribution >= 0.6 is 0 Å². The summed E-state index contributed by atoms with van der Waals surface area (Å²) < 4.78 is 9.92. The lowest BCUT2D eigenvalue weighted by molar-refractivity contribution is -0.383. The number of aromatic nitrogens is 1. The predicted octanol–water partition coefficient (Wildman–Crippen LogP) is 2.70. The number of esters is 1. The number of fused-ring (bicyclic) bond motifs is 1. The second kappa shape index (κ2) is 7.59. The molecule has 2 N–H and O–H groups in total. The number of benzene rings is 1. The summed E-state index contributed by atoms with van der Waals surface area (Å²) in [6.07, 6.45) is 0.796. The lowest BCUT2D eigenvalue weighted by Crippen LogP contribution is -2.05. The number of methoxy groups -OCH3 is 1. The van der Waals surface area contributed by atoms with Crippen molar-refractivity contribution in [3.63, 3.8) is 0 Å². The summed E-state index contributed by atoms with van der Waals surface area (Å²) in [6.45, 7) is 3.20. The number of ether oxygens (including phenoxy) is 2. The number of anilines is 1. The number of non-ortho nitro benzene ring substituents is 1. The number of carbonyl (C=O) groups is 1. The summed E-state index contributed by atoms with van der Waals surface area (Å²) in [4.78, 5) is 25.3. The van der Waals surface area contributed by atoms with Crippen molar-refractivity contribution >= 4 is 28.2 Å². The van der Waals surface area contributed by atoms with Gasteiger partial charge in [-0.1, -0.05) is 0 Å². The van der Waals surface area contributed by atoms with E-state index in [0.29, 0.717) is 29.7 Å². The summed E-state index contributed by atoms with van der Waals surface area (Å²) in [7, 11) is 1.63. The molecular weight excluding hydrogens is 302 g/mol. The highest BCUT2D eigenvalue weighted by Gasteiger charge is 2.20. The summed E-state index contributed by atoms with van der Waals surface area (Å²) in [5, 5.41) is 14.9. The third-order valence-electron chi connectivity index (χ3n) is 3.30. The summed E-state index contributed by atoms with van der Waals surface area (Å²) in [5.41, 5.74) is 1.12. The van der Waals surface area contributed by atoms with E-state index >= 15 is 0 Å². The van der Waals surface area contributed by atoms with Crippen LogP contribution in [-0.4, -0.2) is 42.7 Å². The van der Waals surface area contributed by atoms with E-state index in [0.717, 1.165) is 6.42 Å². The molecule has 0 saturated heterocycles. The number of aromatic amines is 1. The Balaban J connectivity index is 2.38. The molecule has 0 aliphatic heterocycles. The zero-order chi connectivity index (χ0) is 16.8. The van der Waals surface area contributed by atoms with Crippen molar-refractivity contribution in [3.8, 4) is 0 Å². The molecule has 0 radical (unpaired) electrons. The van der Waals surface area contributed by atoms with Gasteiger partial charge in [-0.05, 0) is 25.5 Å². The molecule has 1 heterocycles. The third-order valence-corrected chi connectivity index (χ3v) is 3.30. The molecule has 8 heteroatoms. The first kappa shape index (κ1) is 16.8. The molecule has 0 saturated carbocycles.